The number of nitrogens with one attached hydrogen (secondary N) is 1. The summed E-state index contributed by atoms with van der Waals surface area (Å²) in [7, 11) is 0. The number of aryl methyl sites for hydroxylation is 2. The van der Waals surface area contributed by atoms with Crippen molar-refractivity contribution >= 4 is 0 Å². The third kappa shape index (κ3) is 2.73. The molecule has 0 radical (unpaired) electrons. The topological polar surface area (TPSA) is 53.6 Å². The second-order valence-electron chi connectivity index (χ2n) is 5.00. The molecule has 1 aromatic heterocycles. The first-order valence-corrected chi connectivity index (χ1v) is 6.84. The van der Waals surface area contributed by atoms with Crippen molar-refractivity contribution in [3.8, 4) is 6.07 Å². The van der Waals surface area contributed by atoms with Gasteiger partial charge in [-0.15, -0.1) is 0 Å². The van der Waals surface area contributed by atoms with E-state index in [0.717, 1.165) is 23.5 Å². The van der Waals surface area contributed by atoms with Gasteiger partial charge < -0.3 is 0 Å². The average Bonchev–Trinajstić information content (AvgIpc) is 2.77. The predicted octanol–water partition coefficient (Wildman–Crippen LogP) is 2.53. The standard InChI is InChI=1S/C16H20N4/c1-4-18-16(11-17,15-8-6-5-7-9-15)12-20-14(3)10-13(2)19-20/h5-10,18H,4,12H2,1-3H3. The first-order valence-electron chi connectivity index (χ1n) is 6.84. The van der Waals surface area contributed by atoms with E-state index in [4.69, 9.17) is 0 Å². The second-order valence-corrected chi connectivity index (χ2v) is 5.00. The molecule has 4 nitrogen and oxygen atoms in total. The molecule has 0 aliphatic rings. The number of hydrogen-bond donors (Lipinski definition) is 1. The van der Waals surface area contributed by atoms with Crippen LogP contribution in [0.15, 0.2) is 36.4 Å². The number of rotatable bonds is 5. The molecule has 0 saturated heterocycles. The summed E-state index contributed by atoms with van der Waals surface area (Å²) in [5.74, 6) is 0. The maximum absolute atomic E-state index is 9.77. The first-order chi connectivity index (χ1) is 9.61. The van der Waals surface area contributed by atoms with Crippen LogP contribution in [-0.4, -0.2) is 16.3 Å². The van der Waals surface area contributed by atoms with Gasteiger partial charge in [-0.2, -0.15) is 10.4 Å². The third-order valence-corrected chi connectivity index (χ3v) is 3.43. The van der Waals surface area contributed by atoms with Gasteiger partial charge in [-0.05, 0) is 32.0 Å². The minimum absolute atomic E-state index is 0.501. The average molecular weight is 268 g/mol. The predicted molar refractivity (Wildman–Crippen MR) is 79.1 cm³/mol. The summed E-state index contributed by atoms with van der Waals surface area (Å²) in [6.45, 7) is 7.21. The number of likely N-dealkylation sites (N-methyl/N-ethyl adjacent to an activating group) is 1. The van der Waals surface area contributed by atoms with E-state index in [9.17, 15) is 5.26 Å². The summed E-state index contributed by atoms with van der Waals surface area (Å²) >= 11 is 0. The summed E-state index contributed by atoms with van der Waals surface area (Å²) in [5, 5.41) is 17.6. The van der Waals surface area contributed by atoms with Gasteiger partial charge in [-0.1, -0.05) is 37.3 Å². The van der Waals surface area contributed by atoms with Crippen molar-refractivity contribution in [2.75, 3.05) is 6.54 Å². The largest absolute Gasteiger partial charge is 0.294 e. The quantitative estimate of drug-likeness (QED) is 0.906. The van der Waals surface area contributed by atoms with Crippen molar-refractivity contribution in [2.45, 2.75) is 32.9 Å². The first kappa shape index (κ1) is 14.3. The van der Waals surface area contributed by atoms with E-state index in [1.165, 1.54) is 0 Å². The Balaban J connectivity index is 2.43. The molecule has 0 aliphatic carbocycles. The van der Waals surface area contributed by atoms with E-state index in [2.05, 4.69) is 16.5 Å². The minimum Gasteiger partial charge on any atom is -0.294 e. The van der Waals surface area contributed by atoms with Crippen LogP contribution in [0.25, 0.3) is 0 Å². The van der Waals surface area contributed by atoms with E-state index in [1.54, 1.807) is 0 Å². The smallest absolute Gasteiger partial charge is 0.152 e. The van der Waals surface area contributed by atoms with Crippen LogP contribution in [0.2, 0.25) is 0 Å². The molecule has 20 heavy (non-hydrogen) atoms. The SMILES string of the molecule is CCNC(C#N)(Cn1nc(C)cc1C)c1ccccc1. The zero-order valence-corrected chi connectivity index (χ0v) is 12.2. The molecule has 2 aromatic rings. The summed E-state index contributed by atoms with van der Waals surface area (Å²) < 4.78 is 1.90. The van der Waals surface area contributed by atoms with Crippen molar-refractivity contribution in [3.63, 3.8) is 0 Å². The van der Waals surface area contributed by atoms with Gasteiger partial charge in [-0.3, -0.25) is 10.00 Å². The maximum atomic E-state index is 9.77. The van der Waals surface area contributed by atoms with Crippen LogP contribution >= 0.6 is 0 Å². The van der Waals surface area contributed by atoms with Gasteiger partial charge in [0.25, 0.3) is 0 Å². The Morgan fingerprint density at radius 2 is 2.00 bits per heavy atom. The molecule has 1 heterocycles. The lowest BCUT2D eigenvalue weighted by atomic mass is 9.91. The molecule has 0 bridgehead atoms. The zero-order valence-electron chi connectivity index (χ0n) is 12.2. The Labute approximate surface area is 120 Å². The molecule has 1 N–H and O–H groups in total. The molecule has 1 aromatic carbocycles. The van der Waals surface area contributed by atoms with Gasteiger partial charge in [0, 0.05) is 5.69 Å². The lowest BCUT2D eigenvalue weighted by Crippen LogP contribution is -2.45. The van der Waals surface area contributed by atoms with Gasteiger partial charge in [0.15, 0.2) is 5.54 Å². The third-order valence-electron chi connectivity index (χ3n) is 3.43. The van der Waals surface area contributed by atoms with Gasteiger partial charge in [0.1, 0.15) is 0 Å². The fraction of sp³-hybridized carbons (Fsp3) is 0.375. The molecule has 4 heteroatoms. The van der Waals surface area contributed by atoms with Crippen LogP contribution in [0, 0.1) is 25.2 Å². The van der Waals surface area contributed by atoms with E-state index in [-0.39, 0.29) is 0 Å². The highest BCUT2D eigenvalue weighted by molar-refractivity contribution is 5.31. The van der Waals surface area contributed by atoms with Crippen molar-refractivity contribution in [1.29, 1.82) is 5.26 Å². The van der Waals surface area contributed by atoms with Crippen LogP contribution in [0.1, 0.15) is 23.9 Å². The van der Waals surface area contributed by atoms with Crippen LogP contribution < -0.4 is 5.32 Å². The van der Waals surface area contributed by atoms with Crippen LogP contribution in [-0.2, 0) is 12.1 Å². The van der Waals surface area contributed by atoms with Crippen LogP contribution in [0.3, 0.4) is 0 Å². The van der Waals surface area contributed by atoms with E-state index >= 15 is 0 Å². The lowest BCUT2D eigenvalue weighted by molar-refractivity contribution is 0.354. The number of hydrogen-bond acceptors (Lipinski definition) is 3. The Bertz CT molecular complexity index is 609. The number of nitrogens with zero attached hydrogens (tertiary/aromatic N) is 3. The molecule has 1 atom stereocenters. The highest BCUT2D eigenvalue weighted by Gasteiger charge is 2.32. The molecule has 0 saturated carbocycles. The summed E-state index contributed by atoms with van der Waals surface area (Å²) in [5.41, 5.74) is 2.26. The molecule has 0 amide bonds. The highest BCUT2D eigenvalue weighted by Crippen LogP contribution is 2.23. The molecular formula is C16H20N4. The molecule has 2 rings (SSSR count). The Morgan fingerprint density at radius 3 is 2.50 bits per heavy atom. The van der Waals surface area contributed by atoms with E-state index in [0.29, 0.717) is 6.54 Å². The molecule has 104 valence electrons. The Kier molecular flexibility index (Phi) is 4.21. The fourth-order valence-corrected chi connectivity index (χ4v) is 2.47. The van der Waals surface area contributed by atoms with Crippen molar-refractivity contribution in [2.24, 2.45) is 0 Å². The highest BCUT2D eigenvalue weighted by atomic mass is 15.3. The summed E-state index contributed by atoms with van der Waals surface area (Å²) in [4.78, 5) is 0. The van der Waals surface area contributed by atoms with Crippen LogP contribution in [0.4, 0.5) is 0 Å². The summed E-state index contributed by atoms with van der Waals surface area (Å²) in [6, 6.07) is 14.3. The van der Waals surface area contributed by atoms with Gasteiger partial charge in [0.05, 0.1) is 18.3 Å². The number of nitriles is 1. The molecule has 0 aliphatic heterocycles. The van der Waals surface area contributed by atoms with E-state index in [1.807, 2.05) is 61.9 Å². The van der Waals surface area contributed by atoms with Crippen molar-refractivity contribution < 1.29 is 0 Å². The Hall–Kier alpha value is -2.12. The summed E-state index contributed by atoms with van der Waals surface area (Å²) in [6.07, 6.45) is 0. The number of aromatic nitrogens is 2. The fourth-order valence-electron chi connectivity index (χ4n) is 2.47. The zero-order chi connectivity index (χ0) is 14.6. The molecule has 0 spiro atoms. The normalized spacial score (nSPS) is 13.7. The van der Waals surface area contributed by atoms with Crippen molar-refractivity contribution in [3.05, 3.63) is 53.3 Å². The van der Waals surface area contributed by atoms with Gasteiger partial charge >= 0.3 is 0 Å². The Morgan fingerprint density at radius 1 is 1.30 bits per heavy atom. The molecular weight excluding hydrogens is 248 g/mol. The van der Waals surface area contributed by atoms with Gasteiger partial charge in [0.2, 0.25) is 0 Å². The molecule has 0 fully saturated rings. The van der Waals surface area contributed by atoms with E-state index < -0.39 is 5.54 Å². The second kappa shape index (κ2) is 5.89. The van der Waals surface area contributed by atoms with Crippen molar-refractivity contribution in [1.82, 2.24) is 15.1 Å². The van der Waals surface area contributed by atoms with Crippen LogP contribution in [0.5, 0.6) is 0 Å². The van der Waals surface area contributed by atoms with Gasteiger partial charge in [-0.25, -0.2) is 0 Å². The molecule has 1 unspecified atom stereocenters. The minimum atomic E-state index is -0.751. The maximum Gasteiger partial charge on any atom is 0.152 e. The monoisotopic (exact) mass is 268 g/mol. The number of benzene rings is 1. The lowest BCUT2D eigenvalue weighted by Gasteiger charge is -2.28.